The van der Waals surface area contributed by atoms with Gasteiger partial charge in [-0.3, -0.25) is 4.99 Å². The van der Waals surface area contributed by atoms with E-state index in [4.69, 9.17) is 5.11 Å². The lowest BCUT2D eigenvalue weighted by Gasteiger charge is -2.00. The summed E-state index contributed by atoms with van der Waals surface area (Å²) in [4.78, 5) is 4.48. The van der Waals surface area contributed by atoms with Crippen LogP contribution in [0.15, 0.2) is 40.5 Å². The fourth-order valence-corrected chi connectivity index (χ4v) is 1.54. The van der Waals surface area contributed by atoms with Gasteiger partial charge in [-0.25, -0.2) is 0 Å². The highest BCUT2D eigenvalue weighted by atomic mass is 16.3. The molecule has 1 heterocycles. The van der Waals surface area contributed by atoms with Crippen molar-refractivity contribution in [3.8, 4) is 5.75 Å². The van der Waals surface area contributed by atoms with Crippen LogP contribution in [0.25, 0.3) is 0 Å². The van der Waals surface area contributed by atoms with Gasteiger partial charge in [0.15, 0.2) is 0 Å². The van der Waals surface area contributed by atoms with Crippen LogP contribution in [-0.4, -0.2) is 10.8 Å². The van der Waals surface area contributed by atoms with Crippen molar-refractivity contribution in [1.82, 2.24) is 0 Å². The zero-order chi connectivity index (χ0) is 10.1. The van der Waals surface area contributed by atoms with Crippen LogP contribution in [-0.2, 0) is 0 Å². The van der Waals surface area contributed by atoms with Gasteiger partial charge in [0, 0.05) is 12.1 Å². The first-order valence-corrected chi connectivity index (χ1v) is 4.70. The third-order valence-electron chi connectivity index (χ3n) is 2.55. The van der Waals surface area contributed by atoms with Crippen LogP contribution in [0.2, 0.25) is 0 Å². The lowest BCUT2D eigenvalue weighted by Crippen LogP contribution is -1.96. The summed E-state index contributed by atoms with van der Waals surface area (Å²) in [6, 6.07) is 7.20. The van der Waals surface area contributed by atoms with Crippen molar-refractivity contribution in [3.63, 3.8) is 0 Å². The third-order valence-corrected chi connectivity index (χ3v) is 2.55. The molecule has 2 nitrogen and oxygen atoms in total. The third kappa shape index (κ3) is 1.55. The maximum atomic E-state index is 9.15. The van der Waals surface area contributed by atoms with Gasteiger partial charge in [0.05, 0.1) is 5.71 Å². The molecule has 1 aromatic rings. The molecule has 1 N–H and O–H groups in total. The molecule has 0 unspecified atom stereocenters. The van der Waals surface area contributed by atoms with Crippen molar-refractivity contribution in [2.24, 2.45) is 4.99 Å². The predicted octanol–water partition coefficient (Wildman–Crippen LogP) is 2.88. The molecule has 0 aliphatic carbocycles. The molecular formula is C12H13NO. The molecule has 0 amide bonds. The number of allylic oxidation sites excluding steroid dienone is 2. The summed E-state index contributed by atoms with van der Waals surface area (Å²) in [5.74, 6) is 0.300. The largest absolute Gasteiger partial charge is 0.508 e. The minimum Gasteiger partial charge on any atom is -0.508 e. The van der Waals surface area contributed by atoms with E-state index < -0.39 is 0 Å². The smallest absolute Gasteiger partial charge is 0.115 e. The number of benzene rings is 1. The highest BCUT2D eigenvalue weighted by Gasteiger charge is 2.12. The summed E-state index contributed by atoms with van der Waals surface area (Å²) in [7, 11) is 0. The number of aromatic hydroxyl groups is 1. The van der Waals surface area contributed by atoms with E-state index in [2.05, 4.69) is 11.9 Å². The number of phenols is 1. The number of nitrogens with zero attached hydrogens (tertiary/aromatic N) is 1. The van der Waals surface area contributed by atoms with Crippen LogP contribution < -0.4 is 0 Å². The van der Waals surface area contributed by atoms with Gasteiger partial charge in [-0.1, -0.05) is 0 Å². The van der Waals surface area contributed by atoms with E-state index >= 15 is 0 Å². The molecule has 0 aromatic heterocycles. The Balaban J connectivity index is 2.28. The van der Waals surface area contributed by atoms with Crippen molar-refractivity contribution in [1.29, 1.82) is 0 Å². The summed E-state index contributed by atoms with van der Waals surface area (Å²) in [6.07, 6.45) is 0.927. The van der Waals surface area contributed by atoms with E-state index in [1.807, 2.05) is 19.1 Å². The Bertz CT molecular complexity index is 412. The predicted molar refractivity (Wildman–Crippen MR) is 57.6 cm³/mol. The van der Waals surface area contributed by atoms with E-state index in [1.54, 1.807) is 12.1 Å². The van der Waals surface area contributed by atoms with Crippen molar-refractivity contribution in [3.05, 3.63) is 41.1 Å². The van der Waals surface area contributed by atoms with E-state index in [0.717, 1.165) is 23.4 Å². The normalized spacial score (nSPS) is 16.0. The van der Waals surface area contributed by atoms with Crippen molar-refractivity contribution >= 4 is 5.71 Å². The molecule has 1 aromatic carbocycles. The topological polar surface area (TPSA) is 32.6 Å². The van der Waals surface area contributed by atoms with Crippen LogP contribution in [0.4, 0.5) is 0 Å². The second-order valence-corrected chi connectivity index (χ2v) is 3.65. The van der Waals surface area contributed by atoms with Gasteiger partial charge in [0.2, 0.25) is 0 Å². The van der Waals surface area contributed by atoms with Gasteiger partial charge in [-0.2, -0.15) is 0 Å². The maximum Gasteiger partial charge on any atom is 0.115 e. The second-order valence-electron chi connectivity index (χ2n) is 3.65. The van der Waals surface area contributed by atoms with Crippen LogP contribution >= 0.6 is 0 Å². The lowest BCUT2D eigenvalue weighted by molar-refractivity contribution is 0.475. The molecule has 0 saturated heterocycles. The number of hydrogen-bond donors (Lipinski definition) is 1. The van der Waals surface area contributed by atoms with Gasteiger partial charge in [-0.15, -0.1) is 0 Å². The molecule has 0 atom stereocenters. The maximum absolute atomic E-state index is 9.15. The lowest BCUT2D eigenvalue weighted by atomic mass is 10.1. The molecule has 2 heteroatoms. The highest BCUT2D eigenvalue weighted by Crippen LogP contribution is 2.23. The molecule has 0 saturated carbocycles. The van der Waals surface area contributed by atoms with Gasteiger partial charge < -0.3 is 5.11 Å². The molecule has 0 radical (unpaired) electrons. The molecule has 1 aliphatic rings. The highest BCUT2D eigenvalue weighted by molar-refractivity contribution is 6.04. The first kappa shape index (κ1) is 9.00. The first-order valence-electron chi connectivity index (χ1n) is 4.70. The standard InChI is InChI=1S/C12H13NO/c1-8-7-12(13-9(8)2)10-3-5-11(14)6-4-10/h3-6,14H,7H2,1-2H3. The minimum atomic E-state index is 0.300. The van der Waals surface area contributed by atoms with Crippen LogP contribution in [0, 0.1) is 0 Å². The summed E-state index contributed by atoms with van der Waals surface area (Å²) in [5.41, 5.74) is 4.64. The summed E-state index contributed by atoms with van der Waals surface area (Å²) in [5, 5.41) is 9.15. The summed E-state index contributed by atoms with van der Waals surface area (Å²) < 4.78 is 0. The fourth-order valence-electron chi connectivity index (χ4n) is 1.54. The number of aliphatic imine (C=N–C) groups is 1. The van der Waals surface area contributed by atoms with E-state index in [9.17, 15) is 0 Å². The average Bonchev–Trinajstić information content (AvgIpc) is 2.48. The Morgan fingerprint density at radius 1 is 1.14 bits per heavy atom. The monoisotopic (exact) mass is 187 g/mol. The van der Waals surface area contributed by atoms with Crippen molar-refractivity contribution in [2.45, 2.75) is 20.3 Å². The number of rotatable bonds is 1. The number of hydrogen-bond acceptors (Lipinski definition) is 2. The Labute approximate surface area is 83.6 Å². The zero-order valence-corrected chi connectivity index (χ0v) is 8.41. The first-order chi connectivity index (χ1) is 6.66. The Morgan fingerprint density at radius 2 is 1.79 bits per heavy atom. The molecule has 2 rings (SSSR count). The zero-order valence-electron chi connectivity index (χ0n) is 8.41. The Hall–Kier alpha value is -1.57. The molecule has 72 valence electrons. The molecule has 0 spiro atoms. The molecule has 14 heavy (non-hydrogen) atoms. The Morgan fingerprint density at radius 3 is 2.29 bits per heavy atom. The fraction of sp³-hybridized carbons (Fsp3) is 0.250. The Kier molecular flexibility index (Phi) is 2.12. The van der Waals surface area contributed by atoms with Gasteiger partial charge in [-0.05, 0) is 49.2 Å². The molecule has 1 aliphatic heterocycles. The van der Waals surface area contributed by atoms with Crippen LogP contribution in [0.5, 0.6) is 5.75 Å². The van der Waals surface area contributed by atoms with Gasteiger partial charge in [0.1, 0.15) is 5.75 Å². The molecule has 0 fully saturated rings. The molecular weight excluding hydrogens is 174 g/mol. The van der Waals surface area contributed by atoms with E-state index in [-0.39, 0.29) is 0 Å². The van der Waals surface area contributed by atoms with E-state index in [1.165, 1.54) is 5.57 Å². The molecule has 0 bridgehead atoms. The van der Waals surface area contributed by atoms with Crippen molar-refractivity contribution in [2.75, 3.05) is 0 Å². The minimum absolute atomic E-state index is 0.300. The van der Waals surface area contributed by atoms with Crippen LogP contribution in [0.1, 0.15) is 25.8 Å². The van der Waals surface area contributed by atoms with Gasteiger partial charge >= 0.3 is 0 Å². The second kappa shape index (κ2) is 3.29. The SMILES string of the molecule is CC1=C(C)N=C(c2ccc(O)cc2)C1. The quantitative estimate of drug-likeness (QED) is 0.720. The number of phenolic OH excluding ortho intramolecular Hbond substituents is 1. The van der Waals surface area contributed by atoms with Gasteiger partial charge in [0.25, 0.3) is 0 Å². The average molecular weight is 187 g/mol. The summed E-state index contributed by atoms with van der Waals surface area (Å²) >= 11 is 0. The van der Waals surface area contributed by atoms with Crippen molar-refractivity contribution < 1.29 is 5.11 Å². The van der Waals surface area contributed by atoms with Crippen LogP contribution in [0.3, 0.4) is 0 Å². The van der Waals surface area contributed by atoms with E-state index in [0.29, 0.717) is 5.75 Å². The summed E-state index contributed by atoms with van der Waals surface area (Å²) in [6.45, 7) is 4.13.